The van der Waals surface area contributed by atoms with Crippen LogP contribution in [0.25, 0.3) is 0 Å². The predicted molar refractivity (Wildman–Crippen MR) is 114 cm³/mol. The van der Waals surface area contributed by atoms with E-state index >= 15 is 0 Å². The molecule has 33 heavy (non-hydrogen) atoms. The Hall–Kier alpha value is -0.930. The first kappa shape index (κ1) is 30.1. The first-order valence-corrected chi connectivity index (χ1v) is 10.5. The quantitative estimate of drug-likeness (QED) is 0.267. The van der Waals surface area contributed by atoms with Crippen LogP contribution in [0.1, 0.15) is 0 Å². The van der Waals surface area contributed by atoms with Crippen LogP contribution in [-0.4, -0.2) is 138 Å². The zero-order chi connectivity index (χ0) is 25.0. The zero-order valence-corrected chi connectivity index (χ0v) is 21.0. The molecule has 1 aliphatic rings. The lowest BCUT2D eigenvalue weighted by Crippen LogP contribution is -2.63. The molecule has 0 aromatic rings. The minimum atomic E-state index is -1.11. The van der Waals surface area contributed by atoms with Gasteiger partial charge in [-0.25, -0.2) is 4.79 Å². The van der Waals surface area contributed by atoms with Gasteiger partial charge in [-0.15, -0.1) is 0 Å². The lowest BCUT2D eigenvalue weighted by Gasteiger charge is -2.46. The summed E-state index contributed by atoms with van der Waals surface area (Å²) in [4.78, 5) is 12.4. The Bertz CT molecular complexity index is 535. The Morgan fingerprint density at radius 1 is 0.758 bits per heavy atom. The summed E-state index contributed by atoms with van der Waals surface area (Å²) in [5.41, 5.74) is 0. The third kappa shape index (κ3) is 7.52. The number of hydrogen-bond acceptors (Lipinski definition) is 12. The molecule has 1 saturated heterocycles. The van der Waals surface area contributed by atoms with Crippen LogP contribution in [0.4, 0.5) is 0 Å². The number of methoxy groups -OCH3 is 9. The van der Waals surface area contributed by atoms with Gasteiger partial charge >= 0.3 is 5.97 Å². The number of esters is 1. The maximum Gasteiger partial charge on any atom is 0.337 e. The molecule has 12 nitrogen and oxygen atoms in total. The molecule has 0 aromatic heterocycles. The van der Waals surface area contributed by atoms with Gasteiger partial charge in [0.05, 0.1) is 20.3 Å². The van der Waals surface area contributed by atoms with Crippen LogP contribution in [-0.2, 0) is 56.9 Å². The molecule has 0 amide bonds. The third-order valence-corrected chi connectivity index (χ3v) is 5.61. The molecule has 0 N–H and O–H groups in total. The average molecular weight is 485 g/mol. The number of hydrogen-bond donors (Lipinski definition) is 0. The van der Waals surface area contributed by atoms with E-state index in [0.29, 0.717) is 0 Å². The van der Waals surface area contributed by atoms with Crippen molar-refractivity contribution in [3.63, 3.8) is 0 Å². The molecule has 1 heterocycles. The van der Waals surface area contributed by atoms with Crippen LogP contribution in [0, 0.1) is 0 Å². The highest BCUT2D eigenvalue weighted by molar-refractivity contribution is 5.75. The summed E-state index contributed by atoms with van der Waals surface area (Å²) in [5, 5.41) is 0. The molecular formula is C21H40O12. The first-order valence-electron chi connectivity index (χ1n) is 10.5. The maximum absolute atomic E-state index is 12.4. The zero-order valence-electron chi connectivity index (χ0n) is 21.0. The normalized spacial score (nSPS) is 29.3. The van der Waals surface area contributed by atoms with Gasteiger partial charge in [-0.2, -0.15) is 0 Å². The van der Waals surface area contributed by atoms with Crippen molar-refractivity contribution in [1.29, 1.82) is 0 Å². The Kier molecular flexibility index (Phi) is 14.5. The number of ether oxygens (including phenoxy) is 11. The molecule has 0 radical (unpaired) electrons. The van der Waals surface area contributed by atoms with Crippen molar-refractivity contribution in [2.24, 2.45) is 0 Å². The van der Waals surface area contributed by atoms with Crippen LogP contribution < -0.4 is 0 Å². The van der Waals surface area contributed by atoms with E-state index in [0.717, 1.165) is 0 Å². The molecule has 196 valence electrons. The minimum Gasteiger partial charge on any atom is -0.467 e. The van der Waals surface area contributed by atoms with Gasteiger partial charge in [0.15, 0.2) is 12.4 Å². The van der Waals surface area contributed by atoms with Gasteiger partial charge in [-0.3, -0.25) is 0 Å². The molecule has 0 saturated carbocycles. The van der Waals surface area contributed by atoms with E-state index in [1.165, 1.54) is 42.7 Å². The van der Waals surface area contributed by atoms with Crippen molar-refractivity contribution in [3.05, 3.63) is 0 Å². The molecule has 9 atom stereocenters. The smallest absolute Gasteiger partial charge is 0.337 e. The molecule has 12 heteroatoms. The Morgan fingerprint density at radius 2 is 1.39 bits per heavy atom. The fraction of sp³-hybridized carbons (Fsp3) is 0.952. The van der Waals surface area contributed by atoms with Crippen LogP contribution in [0.2, 0.25) is 0 Å². The molecule has 1 fully saturated rings. The number of carbonyl (C=O) groups excluding carboxylic acids is 1. The Morgan fingerprint density at radius 3 is 1.82 bits per heavy atom. The van der Waals surface area contributed by atoms with Crippen molar-refractivity contribution >= 4 is 5.97 Å². The second-order valence-electron chi connectivity index (χ2n) is 7.31. The summed E-state index contributed by atoms with van der Waals surface area (Å²) in [6.45, 7) is 0.362. The summed E-state index contributed by atoms with van der Waals surface area (Å²) in [5.74, 6) is -0.635. The Balaban J connectivity index is 3.38. The number of carbonyl (C=O) groups is 1. The van der Waals surface area contributed by atoms with Crippen LogP contribution in [0.3, 0.4) is 0 Å². The molecule has 0 aromatic carbocycles. The molecule has 0 unspecified atom stereocenters. The van der Waals surface area contributed by atoms with Gasteiger partial charge in [-0.05, 0) is 0 Å². The third-order valence-electron chi connectivity index (χ3n) is 5.61. The van der Waals surface area contributed by atoms with Crippen molar-refractivity contribution in [1.82, 2.24) is 0 Å². The summed E-state index contributed by atoms with van der Waals surface area (Å²) in [6, 6.07) is 0. The lowest BCUT2D eigenvalue weighted by molar-refractivity contribution is -0.337. The fourth-order valence-corrected chi connectivity index (χ4v) is 3.99. The van der Waals surface area contributed by atoms with Crippen molar-refractivity contribution in [3.8, 4) is 0 Å². The van der Waals surface area contributed by atoms with E-state index in [9.17, 15) is 4.79 Å². The molecule has 0 spiro atoms. The summed E-state index contributed by atoms with van der Waals surface area (Å²) in [7, 11) is 13.2. The summed E-state index contributed by atoms with van der Waals surface area (Å²) in [6.07, 6.45) is -6.79. The molecule has 1 rings (SSSR count). The van der Waals surface area contributed by atoms with Gasteiger partial charge in [-0.1, -0.05) is 0 Å². The van der Waals surface area contributed by atoms with Crippen LogP contribution in [0.5, 0.6) is 0 Å². The van der Waals surface area contributed by atoms with Gasteiger partial charge in [0, 0.05) is 56.9 Å². The topological polar surface area (TPSA) is 119 Å². The van der Waals surface area contributed by atoms with Gasteiger partial charge in [0.25, 0.3) is 0 Å². The highest BCUT2D eigenvalue weighted by Crippen LogP contribution is 2.31. The minimum absolute atomic E-state index is 0.138. The van der Waals surface area contributed by atoms with Crippen molar-refractivity contribution in [2.75, 3.05) is 77.2 Å². The van der Waals surface area contributed by atoms with Crippen LogP contribution in [0.15, 0.2) is 0 Å². The standard InChI is InChI=1S/C21H40O12/c1-23-10-12(25-3)15(17(28-6)18(29-7)20(22)31-9)33-21-19(30-8)16(27-5)14(26-4)13(32-21)11-24-2/h12-19,21H,10-11H2,1-9H3/t12-,13-,14-,15-,16+,17+,18-,19-,21+/m1/s1. The number of rotatable bonds is 16. The average Bonchev–Trinajstić information content (AvgIpc) is 2.83. The summed E-state index contributed by atoms with van der Waals surface area (Å²) >= 11 is 0. The van der Waals surface area contributed by atoms with Crippen molar-refractivity contribution in [2.45, 2.75) is 55.1 Å². The maximum atomic E-state index is 12.4. The lowest BCUT2D eigenvalue weighted by atomic mass is 9.97. The molecular weight excluding hydrogens is 444 g/mol. The fourth-order valence-electron chi connectivity index (χ4n) is 3.99. The molecule has 0 bridgehead atoms. The van der Waals surface area contributed by atoms with Gasteiger partial charge in [0.2, 0.25) is 0 Å². The second kappa shape index (κ2) is 15.9. The van der Waals surface area contributed by atoms with Crippen molar-refractivity contribution < 1.29 is 56.9 Å². The van der Waals surface area contributed by atoms with Gasteiger partial charge in [0.1, 0.15) is 42.7 Å². The molecule has 1 aliphatic heterocycles. The van der Waals surface area contributed by atoms with Gasteiger partial charge < -0.3 is 52.1 Å². The Labute approximate surface area is 195 Å². The van der Waals surface area contributed by atoms with E-state index in [1.807, 2.05) is 0 Å². The first-order chi connectivity index (χ1) is 15.9. The predicted octanol–water partition coefficient (Wildman–Crippen LogP) is -0.348. The van der Waals surface area contributed by atoms with E-state index < -0.39 is 61.1 Å². The molecule has 0 aliphatic carbocycles. The second-order valence-corrected chi connectivity index (χ2v) is 7.31. The largest absolute Gasteiger partial charge is 0.467 e. The van der Waals surface area contributed by atoms with E-state index in [-0.39, 0.29) is 13.2 Å². The van der Waals surface area contributed by atoms with E-state index in [2.05, 4.69) is 0 Å². The highest BCUT2D eigenvalue weighted by atomic mass is 16.7. The summed E-state index contributed by atoms with van der Waals surface area (Å²) < 4.78 is 61.6. The monoisotopic (exact) mass is 484 g/mol. The highest BCUT2D eigenvalue weighted by Gasteiger charge is 2.51. The SMILES string of the molecule is COC[C@H]1O[C@@H](O[C@@H]([C@H](OC)[C@@H](OC)C(=O)OC)[C@@H](COC)OC)[C@H](OC)[C@@H](OC)[C@@H]1OC. The van der Waals surface area contributed by atoms with E-state index in [4.69, 9.17) is 52.1 Å². The van der Waals surface area contributed by atoms with E-state index in [1.54, 1.807) is 21.3 Å². The van der Waals surface area contributed by atoms with Crippen LogP contribution >= 0.6 is 0 Å².